The lowest BCUT2D eigenvalue weighted by Crippen LogP contribution is -2.45. The molecule has 0 heterocycles. The van der Waals surface area contributed by atoms with Crippen molar-refractivity contribution < 1.29 is 27.5 Å². The fourth-order valence-electron chi connectivity index (χ4n) is 2.83. The molecule has 1 atom stereocenters. The Kier molecular flexibility index (Phi) is 7.69. The number of halogens is 1. The summed E-state index contributed by atoms with van der Waals surface area (Å²) in [5.74, 6) is -1.02. The van der Waals surface area contributed by atoms with Gasteiger partial charge in [0.05, 0.1) is 36.9 Å². The van der Waals surface area contributed by atoms with Crippen molar-refractivity contribution in [3.05, 3.63) is 53.1 Å². The summed E-state index contributed by atoms with van der Waals surface area (Å²) in [6, 6.07) is 9.58. The zero-order valence-electron chi connectivity index (χ0n) is 17.0. The Hall–Kier alpha value is -2.78. The SMILES string of the molecule is CCOC(=O)c1ccccc1NC(=O)C(C)N(c1cc(Cl)ccc1OC)S(C)(=O)=O. The second-order valence-electron chi connectivity index (χ2n) is 6.31. The number of sulfonamides is 1. The normalized spacial score (nSPS) is 12.0. The molecule has 0 radical (unpaired) electrons. The molecule has 0 aliphatic rings. The smallest absolute Gasteiger partial charge is 0.340 e. The molecule has 0 saturated heterocycles. The van der Waals surface area contributed by atoms with Crippen LogP contribution in [0.4, 0.5) is 11.4 Å². The maximum absolute atomic E-state index is 12.9. The number of hydrogen-bond acceptors (Lipinski definition) is 6. The van der Waals surface area contributed by atoms with Crippen LogP contribution in [-0.2, 0) is 19.6 Å². The molecule has 30 heavy (non-hydrogen) atoms. The van der Waals surface area contributed by atoms with E-state index in [1.165, 1.54) is 38.3 Å². The van der Waals surface area contributed by atoms with Crippen LogP contribution in [0.15, 0.2) is 42.5 Å². The Morgan fingerprint density at radius 2 is 1.87 bits per heavy atom. The quantitative estimate of drug-likeness (QED) is 0.614. The van der Waals surface area contributed by atoms with Gasteiger partial charge in [-0.1, -0.05) is 23.7 Å². The van der Waals surface area contributed by atoms with E-state index < -0.39 is 27.9 Å². The van der Waals surface area contributed by atoms with Crippen molar-refractivity contribution in [2.45, 2.75) is 19.9 Å². The highest BCUT2D eigenvalue weighted by Gasteiger charge is 2.32. The van der Waals surface area contributed by atoms with E-state index in [0.29, 0.717) is 0 Å². The van der Waals surface area contributed by atoms with Crippen LogP contribution in [0.3, 0.4) is 0 Å². The van der Waals surface area contributed by atoms with Crippen LogP contribution in [0.2, 0.25) is 5.02 Å². The molecule has 1 N–H and O–H groups in total. The molecule has 0 aromatic heterocycles. The van der Waals surface area contributed by atoms with Crippen molar-refractivity contribution in [2.75, 3.05) is 29.6 Å². The molecule has 1 unspecified atom stereocenters. The zero-order valence-corrected chi connectivity index (χ0v) is 18.6. The molecule has 1 amide bonds. The van der Waals surface area contributed by atoms with Gasteiger partial charge in [-0.25, -0.2) is 13.2 Å². The zero-order chi connectivity index (χ0) is 22.5. The van der Waals surface area contributed by atoms with Crippen molar-refractivity contribution in [3.63, 3.8) is 0 Å². The van der Waals surface area contributed by atoms with Gasteiger partial charge in [0.1, 0.15) is 11.8 Å². The lowest BCUT2D eigenvalue weighted by Gasteiger charge is -2.29. The molecular weight excluding hydrogens is 432 g/mol. The molecule has 0 fully saturated rings. The van der Waals surface area contributed by atoms with Crippen LogP contribution >= 0.6 is 11.6 Å². The van der Waals surface area contributed by atoms with Gasteiger partial charge in [0, 0.05) is 5.02 Å². The predicted molar refractivity (Wildman–Crippen MR) is 116 cm³/mol. The van der Waals surface area contributed by atoms with Crippen LogP contribution in [-0.4, -0.2) is 46.3 Å². The van der Waals surface area contributed by atoms with Crippen molar-refractivity contribution >= 4 is 44.9 Å². The van der Waals surface area contributed by atoms with Gasteiger partial charge in [0.25, 0.3) is 0 Å². The molecule has 162 valence electrons. The first-order valence-electron chi connectivity index (χ1n) is 9.00. The summed E-state index contributed by atoms with van der Waals surface area (Å²) in [5.41, 5.74) is 0.485. The van der Waals surface area contributed by atoms with Gasteiger partial charge < -0.3 is 14.8 Å². The number of ether oxygens (including phenoxy) is 2. The Balaban J connectivity index is 2.42. The second kappa shape index (κ2) is 9.82. The summed E-state index contributed by atoms with van der Waals surface area (Å²) in [6.07, 6.45) is 0.976. The van der Waals surface area contributed by atoms with E-state index in [-0.39, 0.29) is 34.3 Å². The summed E-state index contributed by atoms with van der Waals surface area (Å²) in [6.45, 7) is 3.27. The lowest BCUT2D eigenvalue weighted by molar-refractivity contribution is -0.116. The Labute approximate surface area is 180 Å². The Morgan fingerprint density at radius 3 is 2.47 bits per heavy atom. The van der Waals surface area contributed by atoms with Crippen LogP contribution < -0.4 is 14.4 Å². The van der Waals surface area contributed by atoms with Gasteiger partial charge >= 0.3 is 5.97 Å². The van der Waals surface area contributed by atoms with E-state index in [4.69, 9.17) is 21.1 Å². The molecule has 2 rings (SSSR count). The molecule has 0 saturated carbocycles. The fourth-order valence-corrected chi connectivity index (χ4v) is 4.17. The van der Waals surface area contributed by atoms with Gasteiger partial charge in [-0.2, -0.15) is 0 Å². The summed E-state index contributed by atoms with van der Waals surface area (Å²) < 4.78 is 36.2. The third kappa shape index (κ3) is 5.43. The second-order valence-corrected chi connectivity index (χ2v) is 8.60. The van der Waals surface area contributed by atoms with E-state index in [0.717, 1.165) is 10.6 Å². The minimum absolute atomic E-state index is 0.119. The number of nitrogens with zero attached hydrogens (tertiary/aromatic N) is 1. The van der Waals surface area contributed by atoms with Gasteiger partial charge in [-0.3, -0.25) is 9.10 Å². The van der Waals surface area contributed by atoms with E-state index in [1.54, 1.807) is 25.1 Å². The standard InChI is InChI=1S/C20H23ClN2O6S/c1-5-29-20(25)15-8-6-7-9-16(15)22-19(24)13(2)23(30(4,26)27)17-12-14(21)10-11-18(17)28-3/h6-13H,5H2,1-4H3,(H,22,24). The number of amides is 1. The molecule has 2 aromatic rings. The minimum Gasteiger partial charge on any atom is -0.495 e. The first-order valence-corrected chi connectivity index (χ1v) is 11.2. The molecule has 0 aliphatic carbocycles. The summed E-state index contributed by atoms with van der Waals surface area (Å²) in [7, 11) is -2.51. The molecule has 10 heteroatoms. The third-order valence-electron chi connectivity index (χ3n) is 4.15. The monoisotopic (exact) mass is 454 g/mol. The van der Waals surface area contributed by atoms with Crippen LogP contribution in [0.5, 0.6) is 5.75 Å². The Morgan fingerprint density at radius 1 is 1.20 bits per heavy atom. The minimum atomic E-state index is -3.90. The number of anilines is 2. The van der Waals surface area contributed by atoms with E-state index in [1.807, 2.05) is 0 Å². The van der Waals surface area contributed by atoms with E-state index in [2.05, 4.69) is 5.32 Å². The average Bonchev–Trinajstić information content (AvgIpc) is 2.67. The summed E-state index contributed by atoms with van der Waals surface area (Å²) in [4.78, 5) is 25.1. The molecule has 2 aromatic carbocycles. The fraction of sp³-hybridized carbons (Fsp3) is 0.300. The van der Waals surface area contributed by atoms with Gasteiger partial charge in [0.2, 0.25) is 15.9 Å². The third-order valence-corrected chi connectivity index (χ3v) is 5.61. The molecule has 0 bridgehead atoms. The number of methoxy groups -OCH3 is 1. The van der Waals surface area contributed by atoms with Crippen molar-refractivity contribution in [3.8, 4) is 5.75 Å². The average molecular weight is 455 g/mol. The lowest BCUT2D eigenvalue weighted by atomic mass is 10.1. The van der Waals surface area contributed by atoms with Gasteiger partial charge in [-0.05, 0) is 44.2 Å². The van der Waals surface area contributed by atoms with Crippen LogP contribution in [0.1, 0.15) is 24.2 Å². The number of esters is 1. The van der Waals surface area contributed by atoms with Crippen molar-refractivity contribution in [2.24, 2.45) is 0 Å². The van der Waals surface area contributed by atoms with Gasteiger partial charge in [0.15, 0.2) is 0 Å². The number of para-hydroxylation sites is 1. The number of hydrogen-bond donors (Lipinski definition) is 1. The van der Waals surface area contributed by atoms with Crippen molar-refractivity contribution in [1.82, 2.24) is 0 Å². The molecule has 0 aliphatic heterocycles. The predicted octanol–water partition coefficient (Wildman–Crippen LogP) is 3.32. The molecule has 8 nitrogen and oxygen atoms in total. The number of nitrogens with one attached hydrogen (secondary N) is 1. The largest absolute Gasteiger partial charge is 0.495 e. The summed E-state index contributed by atoms with van der Waals surface area (Å²) >= 11 is 6.04. The molecular formula is C20H23ClN2O6S. The maximum atomic E-state index is 12.9. The number of benzene rings is 2. The van der Waals surface area contributed by atoms with E-state index in [9.17, 15) is 18.0 Å². The van der Waals surface area contributed by atoms with Crippen LogP contribution in [0, 0.1) is 0 Å². The topological polar surface area (TPSA) is 102 Å². The highest BCUT2D eigenvalue weighted by Crippen LogP contribution is 2.34. The number of rotatable bonds is 8. The van der Waals surface area contributed by atoms with Gasteiger partial charge in [-0.15, -0.1) is 0 Å². The summed E-state index contributed by atoms with van der Waals surface area (Å²) in [5, 5.41) is 2.88. The highest BCUT2D eigenvalue weighted by atomic mass is 35.5. The maximum Gasteiger partial charge on any atom is 0.340 e. The Bertz CT molecular complexity index is 1040. The number of carbonyl (C=O) groups excluding carboxylic acids is 2. The number of carbonyl (C=O) groups is 2. The molecule has 0 spiro atoms. The first-order chi connectivity index (χ1) is 14.1. The van der Waals surface area contributed by atoms with E-state index >= 15 is 0 Å². The van der Waals surface area contributed by atoms with Crippen molar-refractivity contribution in [1.29, 1.82) is 0 Å². The van der Waals surface area contributed by atoms with Crippen LogP contribution in [0.25, 0.3) is 0 Å². The highest BCUT2D eigenvalue weighted by molar-refractivity contribution is 7.92. The first kappa shape index (κ1) is 23.5.